The minimum atomic E-state index is 1.29. The standard InChI is InChI=1S/C42H22S2.2C34H18S2/c1-3-9-25-21-31-27(19-23(25)7-1)15-17-35-39(31)41-29-11-5-14-34-38(29)42(30-12-6-13-33(43-35)37(30)41)40-32-22-26-10-4-2-8-24(26)20-28(32)16-18-36(40)44-34;1-3-9-21-17-29-25(15-19(21)7-1)31-23-11-5-14-28-34(23)32(24-12-6-13-27(35-29)33(24)31)26-16-20-8-2-4-10-22(20)18-30(26)36-28;1-3-9-21-19(7-1)15-17-27-29(21)33-23-11-5-14-26-32(23)34(24-12-6-13-25(35-27)31(24)33)30-22-10-4-2-8-20(22)16-18-28(30)36-26/h1-22H;2*1-18H. The van der Waals surface area contributed by atoms with E-state index in [9.17, 15) is 0 Å². The summed E-state index contributed by atoms with van der Waals surface area (Å²) < 4.78 is 16.2. The van der Waals surface area contributed by atoms with Gasteiger partial charge in [0.15, 0.2) is 0 Å². The lowest BCUT2D eigenvalue weighted by atomic mass is 9.89. The van der Waals surface area contributed by atoms with E-state index >= 15 is 0 Å². The summed E-state index contributed by atoms with van der Waals surface area (Å²) in [5.74, 6) is 0. The normalized spacial score (nSPS) is 12.5. The van der Waals surface area contributed by atoms with Crippen LogP contribution >= 0.6 is 68.0 Å². The molecule has 534 valence electrons. The summed E-state index contributed by atoms with van der Waals surface area (Å²) in [6.07, 6.45) is 0. The van der Waals surface area contributed by atoms with Crippen LogP contribution in [0.15, 0.2) is 352 Å². The van der Waals surface area contributed by atoms with Crippen molar-refractivity contribution in [2.45, 2.75) is 0 Å². The zero-order valence-corrected chi connectivity index (χ0v) is 66.8. The van der Waals surface area contributed by atoms with Gasteiger partial charge in [-0.1, -0.05) is 243 Å². The fourth-order valence-electron chi connectivity index (χ4n) is 20.5. The minimum absolute atomic E-state index is 1.29. The van der Waals surface area contributed by atoms with Crippen LogP contribution in [0, 0.1) is 0 Å². The van der Waals surface area contributed by atoms with E-state index in [2.05, 4.69) is 352 Å². The molecule has 6 aromatic heterocycles. The Bertz CT molecular complexity index is 8960. The topological polar surface area (TPSA) is 0 Å². The summed E-state index contributed by atoms with van der Waals surface area (Å²) in [6, 6.07) is 132. The van der Waals surface area contributed by atoms with E-state index in [-0.39, 0.29) is 0 Å². The Hall–Kier alpha value is -13.0. The first kappa shape index (κ1) is 64.4. The van der Waals surface area contributed by atoms with Crippen molar-refractivity contribution < 1.29 is 0 Å². The van der Waals surface area contributed by atoms with Gasteiger partial charge in [-0.2, -0.15) is 0 Å². The summed E-state index contributed by atoms with van der Waals surface area (Å²) in [4.78, 5) is 0. The van der Waals surface area contributed by atoms with E-state index in [0.717, 1.165) is 0 Å². The second-order valence-electron chi connectivity index (χ2n) is 31.4. The first-order chi connectivity index (χ1) is 57.5. The van der Waals surface area contributed by atoms with Crippen molar-refractivity contribution in [2.75, 3.05) is 0 Å². The number of hydrogen-bond donors (Lipinski definition) is 0. The van der Waals surface area contributed by atoms with Crippen LogP contribution in [0.25, 0.3) is 272 Å². The van der Waals surface area contributed by atoms with Gasteiger partial charge in [-0.3, -0.25) is 0 Å². The van der Waals surface area contributed by atoms with Crippen LogP contribution in [0.2, 0.25) is 0 Å². The fraction of sp³-hybridized carbons (Fsp3) is 0. The molecule has 23 aromatic carbocycles. The molecule has 29 aromatic rings. The molecule has 6 heterocycles. The first-order valence-electron chi connectivity index (χ1n) is 39.6. The molecule has 0 saturated heterocycles. The second kappa shape index (κ2) is 24.3. The summed E-state index contributed by atoms with van der Waals surface area (Å²) >= 11 is 11.5. The third-order valence-electron chi connectivity index (χ3n) is 25.3. The van der Waals surface area contributed by atoms with E-state index in [1.165, 1.54) is 272 Å². The van der Waals surface area contributed by atoms with Gasteiger partial charge < -0.3 is 0 Å². The van der Waals surface area contributed by atoms with Crippen LogP contribution in [0.5, 0.6) is 0 Å². The number of hydrogen-bond acceptors (Lipinski definition) is 6. The van der Waals surface area contributed by atoms with Gasteiger partial charge in [0.05, 0.1) is 0 Å². The monoisotopic (exact) mass is 1570 g/mol. The molecule has 0 atom stereocenters. The maximum atomic E-state index is 2.42. The molecule has 0 unspecified atom stereocenters. The summed E-state index contributed by atoms with van der Waals surface area (Å²) in [5.41, 5.74) is 0. The smallest absolute Gasteiger partial charge is 0.0361 e. The Morgan fingerprint density at radius 3 is 0.603 bits per heavy atom. The summed E-state index contributed by atoms with van der Waals surface area (Å²) in [6.45, 7) is 0. The molecule has 0 spiro atoms. The van der Waals surface area contributed by atoms with Crippen LogP contribution < -0.4 is 0 Å². The van der Waals surface area contributed by atoms with Crippen molar-refractivity contribution in [2.24, 2.45) is 0 Å². The Kier molecular flexibility index (Phi) is 13.5. The Morgan fingerprint density at radius 2 is 0.293 bits per heavy atom. The summed E-state index contributed by atoms with van der Waals surface area (Å²) in [7, 11) is 0. The maximum absolute atomic E-state index is 2.42. The molecule has 0 saturated carbocycles. The average molecular weight is 1570 g/mol. The molecule has 0 bridgehead atoms. The molecule has 0 N–H and O–H groups in total. The molecule has 0 aliphatic carbocycles. The van der Waals surface area contributed by atoms with Crippen LogP contribution in [0.4, 0.5) is 0 Å². The quantitative estimate of drug-likeness (QED) is 0.105. The van der Waals surface area contributed by atoms with Crippen molar-refractivity contribution in [3.05, 3.63) is 352 Å². The Balaban J connectivity index is 0.0000000938. The van der Waals surface area contributed by atoms with Crippen molar-refractivity contribution in [3.8, 4) is 0 Å². The molecule has 0 amide bonds. The van der Waals surface area contributed by atoms with Crippen LogP contribution in [-0.2, 0) is 0 Å². The molecule has 0 radical (unpaired) electrons. The predicted molar refractivity (Wildman–Crippen MR) is 522 cm³/mol. The SMILES string of the molecule is c1ccc2c(c1)ccc1sc3cccc4c3c(c3cccc5sc6ccc7ccccc7c6c4c53)c12.c1ccc2cc3c(cc2c1)sc1cccc2c1c3c1cccc3sc4cc5ccccc5cc4c2c31.c1ccc2cc3c(ccc4sc5cccc6c5c(c5cccc7sc8ccc9cc%10ccccc%10cc9c8c6c75)c43)cc2c1. The van der Waals surface area contributed by atoms with E-state index in [0.29, 0.717) is 0 Å². The highest BCUT2D eigenvalue weighted by Gasteiger charge is 2.26. The maximum Gasteiger partial charge on any atom is 0.0361 e. The van der Waals surface area contributed by atoms with E-state index in [1.807, 2.05) is 68.0 Å². The van der Waals surface area contributed by atoms with Gasteiger partial charge in [0.2, 0.25) is 0 Å². The van der Waals surface area contributed by atoms with Gasteiger partial charge in [0, 0.05) is 153 Å². The van der Waals surface area contributed by atoms with Crippen molar-refractivity contribution in [1.82, 2.24) is 0 Å². The molecule has 29 rings (SSSR count). The van der Waals surface area contributed by atoms with E-state index in [1.54, 1.807) is 0 Å². The highest BCUT2D eigenvalue weighted by Crippen LogP contribution is 2.56. The van der Waals surface area contributed by atoms with Gasteiger partial charge in [-0.05, 0) is 228 Å². The van der Waals surface area contributed by atoms with E-state index < -0.39 is 0 Å². The van der Waals surface area contributed by atoms with Crippen LogP contribution in [0.3, 0.4) is 0 Å². The number of rotatable bonds is 0. The van der Waals surface area contributed by atoms with Gasteiger partial charge >= 0.3 is 0 Å². The van der Waals surface area contributed by atoms with Gasteiger partial charge in [-0.15, -0.1) is 68.0 Å². The fourth-order valence-corrected chi connectivity index (χ4v) is 27.4. The zero-order chi connectivity index (χ0) is 75.3. The zero-order valence-electron chi connectivity index (χ0n) is 61.9. The second-order valence-corrected chi connectivity index (χ2v) is 37.9. The molecule has 0 aliphatic rings. The van der Waals surface area contributed by atoms with E-state index in [4.69, 9.17) is 0 Å². The Morgan fingerprint density at radius 1 is 0.0948 bits per heavy atom. The van der Waals surface area contributed by atoms with Gasteiger partial charge in [-0.25, -0.2) is 0 Å². The molecule has 0 fully saturated rings. The Labute approximate surface area is 685 Å². The van der Waals surface area contributed by atoms with Gasteiger partial charge in [0.1, 0.15) is 0 Å². The highest BCUT2D eigenvalue weighted by atomic mass is 32.1. The molecule has 6 heteroatoms. The predicted octanol–water partition coefficient (Wildman–Crippen LogP) is 35.4. The summed E-state index contributed by atoms with van der Waals surface area (Å²) in [5, 5.41) is 54.1. The third kappa shape index (κ3) is 9.11. The van der Waals surface area contributed by atoms with Crippen molar-refractivity contribution in [3.63, 3.8) is 0 Å². The third-order valence-corrected chi connectivity index (χ3v) is 32.0. The number of fused-ring (bicyclic) bond motifs is 30. The molecular formula is C110H58S6. The minimum Gasteiger partial charge on any atom is -0.135 e. The first-order valence-corrected chi connectivity index (χ1v) is 44.5. The van der Waals surface area contributed by atoms with Crippen molar-refractivity contribution >= 4 is 340 Å². The van der Waals surface area contributed by atoms with Crippen molar-refractivity contribution in [1.29, 1.82) is 0 Å². The molecule has 116 heavy (non-hydrogen) atoms. The molecule has 0 aliphatic heterocycles. The average Bonchev–Trinajstić information content (AvgIpc) is 0.673. The largest absolute Gasteiger partial charge is 0.135 e. The molecular weight excluding hydrogens is 1510 g/mol. The van der Waals surface area contributed by atoms with Crippen LogP contribution in [0.1, 0.15) is 0 Å². The lowest BCUT2D eigenvalue weighted by molar-refractivity contribution is 1.80. The molecule has 0 nitrogen and oxygen atoms in total. The number of benzene rings is 23. The highest BCUT2D eigenvalue weighted by molar-refractivity contribution is 7.28. The lowest BCUT2D eigenvalue weighted by Gasteiger charge is -2.19. The van der Waals surface area contributed by atoms with Crippen LogP contribution in [-0.4, -0.2) is 0 Å². The lowest BCUT2D eigenvalue weighted by Crippen LogP contribution is -1.90. The van der Waals surface area contributed by atoms with Gasteiger partial charge in [0.25, 0.3) is 0 Å².